The summed E-state index contributed by atoms with van der Waals surface area (Å²) in [5, 5.41) is 9.36. The maximum Gasteiger partial charge on any atom is 0.417 e. The van der Waals surface area contributed by atoms with Gasteiger partial charge in [-0.1, -0.05) is 6.08 Å². The fourth-order valence-corrected chi connectivity index (χ4v) is 4.46. The number of methoxy groups -OCH3 is 1. The Morgan fingerprint density at radius 3 is 2.46 bits per heavy atom. The van der Waals surface area contributed by atoms with Crippen molar-refractivity contribution >= 4 is 18.8 Å². The highest BCUT2D eigenvalue weighted by Gasteiger charge is 2.51. The van der Waals surface area contributed by atoms with Crippen LogP contribution in [0.2, 0.25) is 0 Å². The lowest BCUT2D eigenvalue weighted by Gasteiger charge is -2.46. The Balaban J connectivity index is 2.10. The summed E-state index contributed by atoms with van der Waals surface area (Å²) in [5.41, 5.74) is -1.92. The number of alkyl halides is 1. The van der Waals surface area contributed by atoms with Gasteiger partial charge in [-0.25, -0.2) is 32.8 Å². The van der Waals surface area contributed by atoms with Crippen molar-refractivity contribution in [3.05, 3.63) is 59.6 Å². The molecule has 0 bridgehead atoms. The second kappa shape index (κ2) is 11.7. The van der Waals surface area contributed by atoms with Gasteiger partial charge in [-0.3, -0.25) is 4.99 Å². The van der Waals surface area contributed by atoms with Crippen LogP contribution in [0.4, 0.5) is 23.9 Å². The minimum absolute atomic E-state index is 0.00606. The third-order valence-electron chi connectivity index (χ3n) is 6.10. The highest BCUT2D eigenvalue weighted by atomic mass is 19.1. The molecule has 0 saturated heterocycles. The number of amides is 1. The molecule has 1 aliphatic rings. The molecule has 206 valence electrons. The molecule has 0 N–H and O–H groups in total. The normalized spacial score (nSPS) is 19.5. The van der Waals surface area contributed by atoms with Crippen LogP contribution in [0, 0.1) is 22.6 Å². The Hall–Kier alpha value is -4.20. The van der Waals surface area contributed by atoms with Crippen molar-refractivity contribution < 1.29 is 27.4 Å². The zero-order valence-corrected chi connectivity index (χ0v) is 22.5. The maximum atomic E-state index is 14.9. The number of carbonyl (C=O) groups excluding carboxylic acids is 1. The molecule has 0 radical (unpaired) electrons. The third kappa shape index (κ3) is 6.28. The van der Waals surface area contributed by atoms with Gasteiger partial charge in [-0.2, -0.15) is 5.26 Å². The Morgan fingerprint density at radius 1 is 1.33 bits per heavy atom. The predicted molar refractivity (Wildman–Crippen MR) is 141 cm³/mol. The summed E-state index contributed by atoms with van der Waals surface area (Å²) in [7, 11) is 1.31. The summed E-state index contributed by atoms with van der Waals surface area (Å²) >= 11 is 0. The van der Waals surface area contributed by atoms with Crippen molar-refractivity contribution in [1.29, 1.82) is 5.26 Å². The molecule has 3 rings (SSSR count). The number of hydrogen-bond donors (Lipinski definition) is 0. The summed E-state index contributed by atoms with van der Waals surface area (Å²) < 4.78 is 54.7. The maximum absolute atomic E-state index is 14.9. The van der Waals surface area contributed by atoms with E-state index in [0.29, 0.717) is 0 Å². The van der Waals surface area contributed by atoms with E-state index in [1.807, 2.05) is 6.07 Å². The number of nitrogens with zero attached hydrogens (tertiary/aromatic N) is 5. The quantitative estimate of drug-likeness (QED) is 0.280. The van der Waals surface area contributed by atoms with Gasteiger partial charge in [0.25, 0.3) is 0 Å². The second-order valence-corrected chi connectivity index (χ2v) is 10.1. The van der Waals surface area contributed by atoms with Crippen molar-refractivity contribution in [2.24, 2.45) is 10.4 Å². The fourth-order valence-electron chi connectivity index (χ4n) is 4.46. The molecule has 1 saturated carbocycles. The molecule has 1 aromatic heterocycles. The molecule has 1 fully saturated rings. The molecule has 1 aromatic carbocycles. The Bertz CT molecular complexity index is 1340. The molecule has 11 heteroatoms. The monoisotopic (exact) mass is 541 g/mol. The first-order valence-corrected chi connectivity index (χ1v) is 12.1. The van der Waals surface area contributed by atoms with E-state index in [9.17, 15) is 23.2 Å². The molecular weight excluding hydrogens is 511 g/mol. The van der Waals surface area contributed by atoms with Gasteiger partial charge in [-0.05, 0) is 65.5 Å². The molecule has 0 aliphatic heterocycles. The van der Waals surface area contributed by atoms with Gasteiger partial charge < -0.3 is 9.47 Å². The number of aliphatic imine (C=N–C) groups is 1. The third-order valence-corrected chi connectivity index (χ3v) is 6.10. The summed E-state index contributed by atoms with van der Waals surface area (Å²) in [5.74, 6) is -1.49. The summed E-state index contributed by atoms with van der Waals surface area (Å²) in [6.07, 6.45) is 2.90. The van der Waals surface area contributed by atoms with Gasteiger partial charge in [-0.15, -0.1) is 0 Å². The standard InChI is InChI=1S/C28H30F3N5O3/c1-7-8-21(31)24(33-5)28(11-19(29)12-28)16-36(26(37)39-27(2,3)4)25-34-14-18(15-35-25)22-20(30)10-9-17(13-32)23(22)38-6/h7-10,14-15,19H,5,11-12,16H2,1-4,6H3/b8-7-,24-21+. The Morgan fingerprint density at radius 2 is 1.97 bits per heavy atom. The van der Waals surface area contributed by atoms with Gasteiger partial charge in [0.05, 0.1) is 23.9 Å². The molecule has 0 atom stereocenters. The number of aromatic nitrogens is 2. The average Bonchev–Trinajstić information content (AvgIpc) is 2.85. The van der Waals surface area contributed by atoms with E-state index in [1.165, 1.54) is 37.7 Å². The van der Waals surface area contributed by atoms with Crippen LogP contribution >= 0.6 is 0 Å². The highest BCUT2D eigenvalue weighted by Crippen LogP contribution is 2.51. The molecule has 0 spiro atoms. The molecule has 1 aliphatic carbocycles. The largest absolute Gasteiger partial charge is 0.495 e. The number of anilines is 1. The van der Waals surface area contributed by atoms with Crippen LogP contribution in [0.5, 0.6) is 5.75 Å². The van der Waals surface area contributed by atoms with E-state index in [0.717, 1.165) is 11.0 Å². The molecular formula is C28H30F3N5O3. The van der Waals surface area contributed by atoms with E-state index < -0.39 is 34.9 Å². The van der Waals surface area contributed by atoms with E-state index >= 15 is 0 Å². The van der Waals surface area contributed by atoms with E-state index in [4.69, 9.17) is 9.47 Å². The number of hydrogen-bond acceptors (Lipinski definition) is 7. The topological polar surface area (TPSA) is 101 Å². The van der Waals surface area contributed by atoms with Crippen molar-refractivity contribution in [2.45, 2.75) is 52.3 Å². The molecule has 8 nitrogen and oxygen atoms in total. The number of ether oxygens (including phenoxy) is 2. The minimum atomic E-state index is -1.23. The van der Waals surface area contributed by atoms with Crippen LogP contribution in [0.25, 0.3) is 11.1 Å². The van der Waals surface area contributed by atoms with Gasteiger partial charge >= 0.3 is 6.09 Å². The smallest absolute Gasteiger partial charge is 0.417 e. The van der Waals surface area contributed by atoms with Crippen molar-refractivity contribution in [1.82, 2.24) is 9.97 Å². The Labute approximate surface area is 225 Å². The lowest BCUT2D eigenvalue weighted by Crippen LogP contribution is -2.51. The number of allylic oxidation sites excluding steroid dienone is 3. The van der Waals surface area contributed by atoms with Crippen LogP contribution in [-0.4, -0.2) is 48.2 Å². The molecule has 1 amide bonds. The molecule has 0 unspecified atom stereocenters. The number of rotatable bonds is 8. The van der Waals surface area contributed by atoms with Crippen LogP contribution in [0.1, 0.15) is 46.1 Å². The van der Waals surface area contributed by atoms with Crippen molar-refractivity contribution in [2.75, 3.05) is 18.6 Å². The predicted octanol–water partition coefficient (Wildman–Crippen LogP) is 6.48. The lowest BCUT2D eigenvalue weighted by atomic mass is 9.64. The van der Waals surface area contributed by atoms with E-state index in [-0.39, 0.29) is 53.5 Å². The minimum Gasteiger partial charge on any atom is -0.495 e. The second-order valence-electron chi connectivity index (χ2n) is 10.1. The first-order valence-electron chi connectivity index (χ1n) is 12.1. The van der Waals surface area contributed by atoms with Crippen molar-refractivity contribution in [3.63, 3.8) is 0 Å². The average molecular weight is 542 g/mol. The number of nitriles is 1. The summed E-state index contributed by atoms with van der Waals surface area (Å²) in [6, 6.07) is 4.36. The van der Waals surface area contributed by atoms with Crippen molar-refractivity contribution in [3.8, 4) is 22.9 Å². The van der Waals surface area contributed by atoms with Crippen LogP contribution in [-0.2, 0) is 4.74 Å². The van der Waals surface area contributed by atoms with Crippen LogP contribution in [0.15, 0.2) is 53.2 Å². The van der Waals surface area contributed by atoms with Gasteiger partial charge in [0.2, 0.25) is 5.95 Å². The van der Waals surface area contributed by atoms with Gasteiger partial charge in [0.15, 0.2) is 0 Å². The summed E-state index contributed by atoms with van der Waals surface area (Å²) in [4.78, 5) is 26.7. The first-order chi connectivity index (χ1) is 18.4. The van der Waals surface area contributed by atoms with E-state index in [1.54, 1.807) is 27.7 Å². The van der Waals surface area contributed by atoms with Gasteiger partial charge in [0.1, 0.15) is 35.2 Å². The van der Waals surface area contributed by atoms with E-state index in [2.05, 4.69) is 21.7 Å². The zero-order chi connectivity index (χ0) is 29.0. The SMILES string of the molecule is C=N/C(=C(F)\C=C/C)C1(CN(C(=O)OC(C)(C)C)c2ncc(-c3c(F)ccc(C#N)c3OC)cn2)CC(F)C1. The lowest BCUT2D eigenvalue weighted by molar-refractivity contribution is 0.0412. The molecule has 39 heavy (non-hydrogen) atoms. The molecule has 1 heterocycles. The fraction of sp³-hybridized carbons (Fsp3) is 0.393. The summed E-state index contributed by atoms with van der Waals surface area (Å²) in [6.45, 7) is 9.85. The highest BCUT2D eigenvalue weighted by molar-refractivity contribution is 5.86. The first kappa shape index (κ1) is 29.4. The Kier molecular flexibility index (Phi) is 8.79. The van der Waals surface area contributed by atoms with Gasteiger partial charge in [0, 0.05) is 29.9 Å². The van der Waals surface area contributed by atoms with Crippen LogP contribution in [0.3, 0.4) is 0 Å². The number of carbonyl (C=O) groups is 1. The van der Waals surface area contributed by atoms with Crippen LogP contribution < -0.4 is 9.64 Å². The number of benzene rings is 1. The molecule has 2 aromatic rings. The zero-order valence-electron chi connectivity index (χ0n) is 22.5. The number of halogens is 3.